The Balaban J connectivity index is 0.00000240. The number of aryl methyl sites for hydroxylation is 1. The first-order chi connectivity index (χ1) is 13.4. The SMILES string of the molecule is Cc1cc(Cl)cc(-c2ccc3[nH]nc(NC(=O)C4CCN(C)CC4)c3c2)c1F.Cl. The number of hydrogen-bond acceptors (Lipinski definition) is 3. The number of carbonyl (C=O) groups excluding carboxylic acids is 1. The van der Waals surface area contributed by atoms with E-state index in [0.717, 1.165) is 36.8 Å². The van der Waals surface area contributed by atoms with Gasteiger partial charge in [0.05, 0.1) is 5.52 Å². The predicted octanol–water partition coefficient (Wildman–Crippen LogP) is 5.03. The lowest BCUT2D eigenvalue weighted by atomic mass is 9.96. The molecule has 29 heavy (non-hydrogen) atoms. The van der Waals surface area contributed by atoms with E-state index in [0.29, 0.717) is 27.5 Å². The predicted molar refractivity (Wildman–Crippen MR) is 117 cm³/mol. The quantitative estimate of drug-likeness (QED) is 0.604. The lowest BCUT2D eigenvalue weighted by Crippen LogP contribution is -2.36. The molecular formula is C21H23Cl2FN4O. The first kappa shape index (κ1) is 21.6. The van der Waals surface area contributed by atoms with E-state index < -0.39 is 0 Å². The summed E-state index contributed by atoms with van der Waals surface area (Å²) in [5.41, 5.74) is 2.39. The molecule has 154 valence electrons. The smallest absolute Gasteiger partial charge is 0.228 e. The van der Waals surface area contributed by atoms with Crippen molar-refractivity contribution in [1.29, 1.82) is 0 Å². The van der Waals surface area contributed by atoms with Gasteiger partial charge in [-0.3, -0.25) is 9.89 Å². The third-order valence-electron chi connectivity index (χ3n) is 5.42. The standard InChI is InChI=1S/C21H22ClFN4O.ClH/c1-12-9-15(22)11-16(19(12)23)14-3-4-18-17(10-14)20(26-25-18)24-21(28)13-5-7-27(2)8-6-13;/h3-4,9-11,13H,5-8H2,1-2H3,(H2,24,25,26,28);1H. The minimum absolute atomic E-state index is 0. The van der Waals surface area contributed by atoms with Gasteiger partial charge >= 0.3 is 0 Å². The molecule has 1 saturated heterocycles. The number of fused-ring (bicyclic) bond motifs is 1. The fourth-order valence-electron chi connectivity index (χ4n) is 3.70. The zero-order chi connectivity index (χ0) is 19.8. The van der Waals surface area contributed by atoms with Gasteiger partial charge in [-0.25, -0.2) is 4.39 Å². The molecule has 0 aliphatic carbocycles. The van der Waals surface area contributed by atoms with Crippen molar-refractivity contribution in [2.24, 2.45) is 5.92 Å². The number of anilines is 1. The third-order valence-corrected chi connectivity index (χ3v) is 5.64. The van der Waals surface area contributed by atoms with Crippen LogP contribution >= 0.6 is 24.0 Å². The first-order valence-electron chi connectivity index (χ1n) is 9.36. The Bertz CT molecular complexity index is 1040. The summed E-state index contributed by atoms with van der Waals surface area (Å²) in [5, 5.41) is 11.4. The minimum atomic E-state index is -0.302. The zero-order valence-corrected chi connectivity index (χ0v) is 17.8. The van der Waals surface area contributed by atoms with E-state index in [1.54, 1.807) is 19.1 Å². The van der Waals surface area contributed by atoms with Crippen molar-refractivity contribution in [3.63, 3.8) is 0 Å². The molecule has 1 fully saturated rings. The number of rotatable bonds is 3. The summed E-state index contributed by atoms with van der Waals surface area (Å²) in [7, 11) is 2.06. The van der Waals surface area contributed by atoms with Crippen molar-refractivity contribution in [3.8, 4) is 11.1 Å². The van der Waals surface area contributed by atoms with Gasteiger partial charge in [-0.05, 0) is 75.3 Å². The Morgan fingerprint density at radius 1 is 1.28 bits per heavy atom. The van der Waals surface area contributed by atoms with E-state index in [9.17, 15) is 9.18 Å². The molecule has 0 saturated carbocycles. The van der Waals surface area contributed by atoms with Crippen molar-refractivity contribution >= 4 is 46.6 Å². The van der Waals surface area contributed by atoms with Crippen LogP contribution < -0.4 is 5.32 Å². The number of hydrogen-bond donors (Lipinski definition) is 2. The van der Waals surface area contributed by atoms with Crippen molar-refractivity contribution < 1.29 is 9.18 Å². The summed E-state index contributed by atoms with van der Waals surface area (Å²) in [6, 6.07) is 8.69. The van der Waals surface area contributed by atoms with Crippen LogP contribution in [0.3, 0.4) is 0 Å². The molecule has 1 amide bonds. The summed E-state index contributed by atoms with van der Waals surface area (Å²) < 4.78 is 14.6. The maximum absolute atomic E-state index is 14.6. The van der Waals surface area contributed by atoms with Gasteiger partial charge < -0.3 is 10.2 Å². The Morgan fingerprint density at radius 2 is 2.00 bits per heavy atom. The average molecular weight is 437 g/mol. The van der Waals surface area contributed by atoms with Crippen molar-refractivity contribution in [1.82, 2.24) is 15.1 Å². The number of amides is 1. The van der Waals surface area contributed by atoms with E-state index in [-0.39, 0.29) is 30.0 Å². The largest absolute Gasteiger partial charge is 0.308 e. The van der Waals surface area contributed by atoms with Gasteiger partial charge in [-0.2, -0.15) is 5.10 Å². The zero-order valence-electron chi connectivity index (χ0n) is 16.3. The average Bonchev–Trinajstić information content (AvgIpc) is 3.07. The van der Waals surface area contributed by atoms with Crippen LogP contribution in [-0.4, -0.2) is 41.1 Å². The third kappa shape index (κ3) is 4.39. The lowest BCUT2D eigenvalue weighted by Gasteiger charge is -2.27. The second-order valence-electron chi connectivity index (χ2n) is 7.48. The van der Waals surface area contributed by atoms with Crippen LogP contribution in [0.4, 0.5) is 10.2 Å². The van der Waals surface area contributed by atoms with Gasteiger partial charge in [0.1, 0.15) is 5.82 Å². The Morgan fingerprint density at radius 3 is 2.72 bits per heavy atom. The highest BCUT2D eigenvalue weighted by atomic mass is 35.5. The number of piperidine rings is 1. The van der Waals surface area contributed by atoms with Gasteiger partial charge in [0, 0.05) is 21.9 Å². The molecule has 0 unspecified atom stereocenters. The number of carbonyl (C=O) groups is 1. The maximum atomic E-state index is 14.6. The molecule has 5 nitrogen and oxygen atoms in total. The molecule has 1 aliphatic rings. The number of aromatic amines is 1. The molecule has 3 aromatic rings. The summed E-state index contributed by atoms with van der Waals surface area (Å²) >= 11 is 6.12. The highest BCUT2D eigenvalue weighted by Crippen LogP contribution is 2.32. The first-order valence-corrected chi connectivity index (χ1v) is 9.73. The minimum Gasteiger partial charge on any atom is -0.308 e. The van der Waals surface area contributed by atoms with Crippen LogP contribution in [0.5, 0.6) is 0 Å². The summed E-state index contributed by atoms with van der Waals surface area (Å²) in [5.74, 6) is 0.139. The van der Waals surface area contributed by atoms with Gasteiger partial charge in [0.15, 0.2) is 5.82 Å². The summed E-state index contributed by atoms with van der Waals surface area (Å²) in [6.07, 6.45) is 1.67. The molecule has 0 atom stereocenters. The van der Waals surface area contributed by atoms with Gasteiger partial charge in [0.25, 0.3) is 0 Å². The van der Waals surface area contributed by atoms with Crippen molar-refractivity contribution in [3.05, 3.63) is 46.7 Å². The molecule has 0 bridgehead atoms. The molecule has 0 radical (unpaired) electrons. The molecule has 1 aromatic heterocycles. The normalized spacial score (nSPS) is 15.3. The second kappa shape index (κ2) is 8.69. The van der Waals surface area contributed by atoms with Crippen LogP contribution in [0.2, 0.25) is 5.02 Å². The number of nitrogens with one attached hydrogen (secondary N) is 2. The van der Waals surface area contributed by atoms with Crippen LogP contribution in [0.1, 0.15) is 18.4 Å². The van der Waals surface area contributed by atoms with Crippen LogP contribution in [0.15, 0.2) is 30.3 Å². The number of likely N-dealkylation sites (tertiary alicyclic amines) is 1. The molecule has 0 spiro atoms. The Hall–Kier alpha value is -2.15. The second-order valence-corrected chi connectivity index (χ2v) is 7.92. The van der Waals surface area contributed by atoms with Gasteiger partial charge in [0.2, 0.25) is 5.91 Å². The maximum Gasteiger partial charge on any atom is 0.228 e. The van der Waals surface area contributed by atoms with Crippen molar-refractivity contribution in [2.45, 2.75) is 19.8 Å². The lowest BCUT2D eigenvalue weighted by molar-refractivity contribution is -0.121. The van der Waals surface area contributed by atoms with E-state index in [1.807, 2.05) is 18.2 Å². The molecule has 4 rings (SSSR count). The number of H-pyrrole nitrogens is 1. The highest BCUT2D eigenvalue weighted by Gasteiger charge is 2.24. The van der Waals surface area contributed by atoms with Crippen LogP contribution in [-0.2, 0) is 4.79 Å². The van der Waals surface area contributed by atoms with E-state index in [1.165, 1.54) is 0 Å². The fraction of sp³-hybridized carbons (Fsp3) is 0.333. The molecule has 2 aromatic carbocycles. The summed E-state index contributed by atoms with van der Waals surface area (Å²) in [6.45, 7) is 3.52. The van der Waals surface area contributed by atoms with E-state index in [4.69, 9.17) is 11.6 Å². The Labute approximate surface area is 180 Å². The topological polar surface area (TPSA) is 61.0 Å². The van der Waals surface area contributed by atoms with Gasteiger partial charge in [-0.15, -0.1) is 12.4 Å². The van der Waals surface area contributed by atoms with Gasteiger partial charge in [-0.1, -0.05) is 17.7 Å². The molecular weight excluding hydrogens is 414 g/mol. The fourth-order valence-corrected chi connectivity index (χ4v) is 3.97. The number of benzene rings is 2. The monoisotopic (exact) mass is 436 g/mol. The highest BCUT2D eigenvalue weighted by molar-refractivity contribution is 6.31. The van der Waals surface area contributed by atoms with Crippen molar-refractivity contribution in [2.75, 3.05) is 25.5 Å². The molecule has 2 N–H and O–H groups in total. The molecule has 1 aliphatic heterocycles. The Kier molecular flexibility index (Phi) is 6.46. The van der Waals surface area contributed by atoms with E-state index >= 15 is 0 Å². The van der Waals surface area contributed by atoms with E-state index in [2.05, 4.69) is 27.5 Å². The number of nitrogens with zero attached hydrogens (tertiary/aromatic N) is 2. The van der Waals surface area contributed by atoms with Crippen LogP contribution in [0.25, 0.3) is 22.0 Å². The van der Waals surface area contributed by atoms with Crippen LogP contribution in [0, 0.1) is 18.7 Å². The number of aromatic nitrogens is 2. The molecule has 8 heteroatoms. The molecule has 2 heterocycles. The number of halogens is 3. The summed E-state index contributed by atoms with van der Waals surface area (Å²) in [4.78, 5) is 14.9.